The molecule has 1 heterocycles. The lowest BCUT2D eigenvalue weighted by atomic mass is 10.1. The molecule has 0 unspecified atom stereocenters. The normalized spacial score (nSPS) is 10.7. The molecule has 0 saturated heterocycles. The van der Waals surface area contributed by atoms with E-state index in [1.807, 2.05) is 31.2 Å². The van der Waals surface area contributed by atoms with Crippen LogP contribution in [0.1, 0.15) is 29.0 Å². The van der Waals surface area contributed by atoms with E-state index in [1.165, 1.54) is 5.56 Å². The van der Waals surface area contributed by atoms with Gasteiger partial charge in [0.25, 0.3) is 0 Å². The summed E-state index contributed by atoms with van der Waals surface area (Å²) >= 11 is 0. The molecule has 1 amide bonds. The lowest BCUT2D eigenvalue weighted by Gasteiger charge is -2.14. The van der Waals surface area contributed by atoms with Gasteiger partial charge < -0.3 is 9.42 Å². The van der Waals surface area contributed by atoms with Crippen LogP contribution < -0.4 is 0 Å². The SMILES string of the molecule is Cc1ccc(CCC(=O)N(C)Cc2nc(-c3cccc(C)c3)no2)cc1. The van der Waals surface area contributed by atoms with E-state index in [-0.39, 0.29) is 5.91 Å². The molecular weight excluding hydrogens is 326 g/mol. The van der Waals surface area contributed by atoms with Gasteiger partial charge in [-0.15, -0.1) is 0 Å². The minimum Gasteiger partial charge on any atom is -0.337 e. The number of rotatable bonds is 6. The Morgan fingerprint density at radius 1 is 1.08 bits per heavy atom. The number of nitrogens with zero attached hydrogens (tertiary/aromatic N) is 3. The number of hydrogen-bond acceptors (Lipinski definition) is 4. The number of carbonyl (C=O) groups excluding carboxylic acids is 1. The van der Waals surface area contributed by atoms with E-state index in [0.29, 0.717) is 24.7 Å². The summed E-state index contributed by atoms with van der Waals surface area (Å²) in [5, 5.41) is 4.02. The third-order valence-electron chi connectivity index (χ3n) is 4.29. The maximum absolute atomic E-state index is 12.3. The topological polar surface area (TPSA) is 59.2 Å². The second-order valence-electron chi connectivity index (χ2n) is 6.62. The van der Waals surface area contributed by atoms with Crippen LogP contribution in [0.4, 0.5) is 0 Å². The summed E-state index contributed by atoms with van der Waals surface area (Å²) in [7, 11) is 1.76. The number of amides is 1. The van der Waals surface area contributed by atoms with Crippen molar-refractivity contribution in [2.75, 3.05) is 7.05 Å². The molecule has 3 aromatic rings. The van der Waals surface area contributed by atoms with E-state index in [2.05, 4.69) is 41.3 Å². The quantitative estimate of drug-likeness (QED) is 0.676. The highest BCUT2D eigenvalue weighted by Gasteiger charge is 2.14. The first-order valence-electron chi connectivity index (χ1n) is 8.70. The van der Waals surface area contributed by atoms with E-state index in [1.54, 1.807) is 11.9 Å². The van der Waals surface area contributed by atoms with E-state index in [9.17, 15) is 4.79 Å². The highest BCUT2D eigenvalue weighted by Crippen LogP contribution is 2.17. The van der Waals surface area contributed by atoms with Crippen LogP contribution in [0.3, 0.4) is 0 Å². The predicted octanol–water partition coefficient (Wildman–Crippen LogP) is 3.94. The average Bonchev–Trinajstić information content (AvgIpc) is 3.09. The van der Waals surface area contributed by atoms with Gasteiger partial charge in [0.15, 0.2) is 0 Å². The van der Waals surface area contributed by atoms with Crippen LogP contribution in [0.5, 0.6) is 0 Å². The number of benzene rings is 2. The zero-order chi connectivity index (χ0) is 18.5. The number of aryl methyl sites for hydroxylation is 3. The molecule has 0 fully saturated rings. The molecule has 0 bridgehead atoms. The Morgan fingerprint density at radius 3 is 2.58 bits per heavy atom. The first-order chi connectivity index (χ1) is 12.5. The zero-order valence-corrected chi connectivity index (χ0v) is 15.4. The smallest absolute Gasteiger partial charge is 0.246 e. The van der Waals surface area contributed by atoms with Gasteiger partial charge in [0.05, 0.1) is 6.54 Å². The number of carbonyl (C=O) groups is 1. The summed E-state index contributed by atoms with van der Waals surface area (Å²) < 4.78 is 5.30. The molecule has 1 aromatic heterocycles. The Hall–Kier alpha value is -2.95. The molecule has 2 aromatic carbocycles. The first-order valence-corrected chi connectivity index (χ1v) is 8.70. The van der Waals surface area contributed by atoms with Crippen LogP contribution in [0, 0.1) is 13.8 Å². The molecule has 0 N–H and O–H groups in total. The molecule has 0 atom stereocenters. The monoisotopic (exact) mass is 349 g/mol. The molecule has 0 spiro atoms. The minimum atomic E-state index is 0.0564. The van der Waals surface area contributed by atoms with E-state index < -0.39 is 0 Å². The fourth-order valence-electron chi connectivity index (χ4n) is 2.71. The fourth-order valence-corrected chi connectivity index (χ4v) is 2.71. The minimum absolute atomic E-state index is 0.0564. The molecule has 5 heteroatoms. The lowest BCUT2D eigenvalue weighted by Crippen LogP contribution is -2.26. The summed E-state index contributed by atoms with van der Waals surface area (Å²) in [5.74, 6) is 1.04. The van der Waals surface area contributed by atoms with Gasteiger partial charge in [-0.1, -0.05) is 58.7 Å². The van der Waals surface area contributed by atoms with Gasteiger partial charge >= 0.3 is 0 Å². The van der Waals surface area contributed by atoms with Crippen molar-refractivity contribution >= 4 is 5.91 Å². The second-order valence-corrected chi connectivity index (χ2v) is 6.62. The summed E-state index contributed by atoms with van der Waals surface area (Å²) in [6.07, 6.45) is 1.18. The Labute approximate surface area is 153 Å². The molecule has 5 nitrogen and oxygen atoms in total. The fraction of sp³-hybridized carbons (Fsp3) is 0.286. The maximum Gasteiger partial charge on any atom is 0.246 e. The van der Waals surface area contributed by atoms with Gasteiger partial charge in [-0.05, 0) is 31.9 Å². The standard InChI is InChI=1S/C21H23N3O2/c1-15-7-9-17(10-8-15)11-12-20(25)24(3)14-19-22-21(23-26-19)18-6-4-5-16(2)13-18/h4-10,13H,11-12,14H2,1-3H3. The third kappa shape index (κ3) is 4.57. The second kappa shape index (κ2) is 7.95. The van der Waals surface area contributed by atoms with Gasteiger partial charge in [-0.25, -0.2) is 0 Å². The third-order valence-corrected chi connectivity index (χ3v) is 4.29. The van der Waals surface area contributed by atoms with E-state index in [4.69, 9.17) is 4.52 Å². The summed E-state index contributed by atoms with van der Waals surface area (Å²) in [4.78, 5) is 18.4. The summed E-state index contributed by atoms with van der Waals surface area (Å²) in [6, 6.07) is 16.2. The summed E-state index contributed by atoms with van der Waals surface area (Å²) in [5.41, 5.74) is 4.43. The van der Waals surface area contributed by atoms with Crippen LogP contribution in [0.25, 0.3) is 11.4 Å². The number of hydrogen-bond donors (Lipinski definition) is 0. The average molecular weight is 349 g/mol. The van der Waals surface area contributed by atoms with Gasteiger partial charge in [-0.3, -0.25) is 4.79 Å². The van der Waals surface area contributed by atoms with Crippen molar-refractivity contribution in [3.05, 3.63) is 71.1 Å². The molecule has 0 aliphatic carbocycles. The van der Waals surface area contributed by atoms with Crippen molar-refractivity contribution in [1.82, 2.24) is 15.0 Å². The van der Waals surface area contributed by atoms with Crippen LogP contribution in [-0.4, -0.2) is 28.0 Å². The lowest BCUT2D eigenvalue weighted by molar-refractivity contribution is -0.130. The van der Waals surface area contributed by atoms with Crippen molar-refractivity contribution in [1.29, 1.82) is 0 Å². The Morgan fingerprint density at radius 2 is 1.85 bits per heavy atom. The van der Waals surface area contributed by atoms with Crippen LogP contribution >= 0.6 is 0 Å². The van der Waals surface area contributed by atoms with Crippen molar-refractivity contribution in [2.45, 2.75) is 33.2 Å². The van der Waals surface area contributed by atoms with Gasteiger partial charge in [0.2, 0.25) is 17.6 Å². The molecule has 0 radical (unpaired) electrons. The van der Waals surface area contributed by atoms with Crippen molar-refractivity contribution < 1.29 is 9.32 Å². The van der Waals surface area contributed by atoms with Crippen molar-refractivity contribution in [2.24, 2.45) is 0 Å². The highest BCUT2D eigenvalue weighted by atomic mass is 16.5. The first kappa shape index (κ1) is 17.9. The van der Waals surface area contributed by atoms with Crippen LogP contribution in [0.2, 0.25) is 0 Å². The Kier molecular flexibility index (Phi) is 5.46. The zero-order valence-electron chi connectivity index (χ0n) is 15.4. The van der Waals surface area contributed by atoms with E-state index >= 15 is 0 Å². The van der Waals surface area contributed by atoms with Crippen molar-refractivity contribution in [3.8, 4) is 11.4 Å². The number of aromatic nitrogens is 2. The van der Waals surface area contributed by atoms with Gasteiger partial charge in [0, 0.05) is 19.0 Å². The maximum atomic E-state index is 12.3. The van der Waals surface area contributed by atoms with Crippen LogP contribution in [0.15, 0.2) is 53.1 Å². The largest absolute Gasteiger partial charge is 0.337 e. The van der Waals surface area contributed by atoms with Crippen LogP contribution in [-0.2, 0) is 17.8 Å². The molecule has 134 valence electrons. The Bertz CT molecular complexity index is 884. The van der Waals surface area contributed by atoms with Gasteiger partial charge in [-0.2, -0.15) is 4.98 Å². The molecule has 0 aliphatic heterocycles. The molecule has 0 saturated carbocycles. The molecule has 26 heavy (non-hydrogen) atoms. The summed E-state index contributed by atoms with van der Waals surface area (Å²) in [6.45, 7) is 4.38. The van der Waals surface area contributed by atoms with E-state index in [0.717, 1.165) is 23.1 Å². The van der Waals surface area contributed by atoms with Gasteiger partial charge in [0.1, 0.15) is 0 Å². The highest BCUT2D eigenvalue weighted by molar-refractivity contribution is 5.76. The predicted molar refractivity (Wildman–Crippen MR) is 100 cm³/mol. The molecular formula is C21H23N3O2. The van der Waals surface area contributed by atoms with Crippen molar-refractivity contribution in [3.63, 3.8) is 0 Å². The Balaban J connectivity index is 1.56. The molecule has 0 aliphatic rings. The molecule has 3 rings (SSSR count).